The normalized spacial score (nSPS) is 15.3. The molecule has 5 heteroatoms. The molecule has 154 valence electrons. The minimum atomic E-state index is -1.20. The number of carboxylic acids is 1. The van der Waals surface area contributed by atoms with Crippen LogP contribution in [0.3, 0.4) is 0 Å². The molecule has 2 aromatic carbocycles. The molecule has 0 saturated heterocycles. The lowest BCUT2D eigenvalue weighted by atomic mass is 9.77. The minimum Gasteiger partial charge on any atom is -0.497 e. The average molecular weight is 403 g/mol. The van der Waals surface area contributed by atoms with E-state index in [2.05, 4.69) is 26.8 Å². The maximum atomic E-state index is 12.6. The zero-order chi connectivity index (χ0) is 21.6. The van der Waals surface area contributed by atoms with Crippen molar-refractivity contribution in [3.63, 3.8) is 0 Å². The van der Waals surface area contributed by atoms with E-state index in [0.29, 0.717) is 0 Å². The third-order valence-electron chi connectivity index (χ3n) is 5.87. The number of pyridine rings is 1. The Balaban J connectivity index is 2.00. The van der Waals surface area contributed by atoms with E-state index in [1.165, 1.54) is 12.3 Å². The number of benzene rings is 2. The fourth-order valence-corrected chi connectivity index (χ4v) is 4.28. The van der Waals surface area contributed by atoms with Gasteiger partial charge in [0.05, 0.1) is 12.8 Å². The molecule has 2 heterocycles. The number of fused-ring (bicyclic) bond motifs is 3. The summed E-state index contributed by atoms with van der Waals surface area (Å²) < 4.78 is 7.26. The van der Waals surface area contributed by atoms with E-state index in [1.54, 1.807) is 7.11 Å². The van der Waals surface area contributed by atoms with Crippen molar-refractivity contribution in [3.05, 3.63) is 76.1 Å². The van der Waals surface area contributed by atoms with Gasteiger partial charge in [0.15, 0.2) is 5.43 Å². The number of methoxy groups -OCH3 is 1. The molecule has 0 radical (unpaired) electrons. The number of carbonyl (C=O) groups is 1. The number of aromatic nitrogens is 1. The van der Waals surface area contributed by atoms with Gasteiger partial charge in [0.2, 0.25) is 0 Å². The standard InChI is InChI=1S/C25H25NO4/c1-25(2,3)22-12-16-6-5-7-18(15-8-10-17(30-4)11-9-15)23(16)20-13-21(27)19(24(28)29)14-26(20)22/h5-11,13-14,22H,12H2,1-4H3,(H,28,29). The Labute approximate surface area is 175 Å². The fraction of sp³-hybridized carbons (Fsp3) is 0.280. The molecule has 1 atom stereocenters. The van der Waals surface area contributed by atoms with Crippen LogP contribution < -0.4 is 10.2 Å². The predicted octanol–water partition coefficient (Wildman–Crippen LogP) is 5.03. The van der Waals surface area contributed by atoms with Gasteiger partial charge in [0.25, 0.3) is 0 Å². The van der Waals surface area contributed by atoms with Crippen LogP contribution >= 0.6 is 0 Å². The number of aromatic carboxylic acids is 1. The topological polar surface area (TPSA) is 68.5 Å². The van der Waals surface area contributed by atoms with Crippen LogP contribution in [-0.2, 0) is 6.42 Å². The van der Waals surface area contributed by atoms with Crippen molar-refractivity contribution in [1.82, 2.24) is 4.57 Å². The summed E-state index contributed by atoms with van der Waals surface area (Å²) in [6.07, 6.45) is 2.28. The summed E-state index contributed by atoms with van der Waals surface area (Å²) in [4.78, 5) is 24.3. The molecule has 30 heavy (non-hydrogen) atoms. The third-order valence-corrected chi connectivity index (χ3v) is 5.87. The van der Waals surface area contributed by atoms with E-state index in [9.17, 15) is 14.7 Å². The van der Waals surface area contributed by atoms with Crippen LogP contribution in [0, 0.1) is 5.41 Å². The molecule has 3 aromatic rings. The summed E-state index contributed by atoms with van der Waals surface area (Å²) in [6.45, 7) is 6.41. The molecule has 0 amide bonds. The highest BCUT2D eigenvalue weighted by molar-refractivity contribution is 5.89. The van der Waals surface area contributed by atoms with Gasteiger partial charge in [-0.1, -0.05) is 51.1 Å². The van der Waals surface area contributed by atoms with Crippen LogP contribution in [0.25, 0.3) is 22.4 Å². The molecule has 5 nitrogen and oxygen atoms in total. The quantitative estimate of drug-likeness (QED) is 0.666. The first-order chi connectivity index (χ1) is 14.2. The first kappa shape index (κ1) is 20.0. The summed E-state index contributed by atoms with van der Waals surface area (Å²) in [7, 11) is 1.63. The van der Waals surface area contributed by atoms with Crippen molar-refractivity contribution >= 4 is 5.97 Å². The Bertz CT molecular complexity index is 1180. The molecule has 0 bridgehead atoms. The Morgan fingerprint density at radius 2 is 1.83 bits per heavy atom. The van der Waals surface area contributed by atoms with E-state index < -0.39 is 11.4 Å². The van der Waals surface area contributed by atoms with Crippen LogP contribution in [0.4, 0.5) is 0 Å². The zero-order valence-electron chi connectivity index (χ0n) is 17.6. The van der Waals surface area contributed by atoms with Gasteiger partial charge in [-0.3, -0.25) is 4.79 Å². The lowest BCUT2D eigenvalue weighted by molar-refractivity contribution is 0.0693. The monoisotopic (exact) mass is 403 g/mol. The second-order valence-corrected chi connectivity index (χ2v) is 8.80. The van der Waals surface area contributed by atoms with Crippen molar-refractivity contribution in [1.29, 1.82) is 0 Å². The number of ether oxygens (including phenoxy) is 1. The number of carboxylic acid groups (broad SMARTS) is 1. The van der Waals surface area contributed by atoms with E-state index in [0.717, 1.165) is 40.1 Å². The highest BCUT2D eigenvalue weighted by Crippen LogP contribution is 2.45. The number of hydrogen-bond donors (Lipinski definition) is 1. The second kappa shape index (κ2) is 7.17. The molecular weight excluding hydrogens is 378 g/mol. The molecule has 0 spiro atoms. The molecule has 0 fully saturated rings. The smallest absolute Gasteiger partial charge is 0.341 e. The zero-order valence-corrected chi connectivity index (χ0v) is 17.6. The van der Waals surface area contributed by atoms with Crippen LogP contribution in [0.2, 0.25) is 0 Å². The molecular formula is C25H25NO4. The lowest BCUT2D eigenvalue weighted by Crippen LogP contribution is -2.33. The maximum Gasteiger partial charge on any atom is 0.341 e. The van der Waals surface area contributed by atoms with Gasteiger partial charge in [-0.15, -0.1) is 0 Å². The summed E-state index contributed by atoms with van der Waals surface area (Å²) in [5, 5.41) is 9.51. The van der Waals surface area contributed by atoms with Crippen LogP contribution in [0.15, 0.2) is 59.5 Å². The predicted molar refractivity (Wildman–Crippen MR) is 117 cm³/mol. The number of nitrogens with zero attached hydrogens (tertiary/aromatic N) is 1. The molecule has 1 aliphatic rings. The summed E-state index contributed by atoms with van der Waals surface area (Å²) >= 11 is 0. The van der Waals surface area contributed by atoms with Crippen molar-refractivity contribution in [3.8, 4) is 28.1 Å². The summed E-state index contributed by atoms with van der Waals surface area (Å²) in [5.74, 6) is -0.420. The summed E-state index contributed by atoms with van der Waals surface area (Å²) in [6, 6.07) is 15.5. The van der Waals surface area contributed by atoms with E-state index >= 15 is 0 Å². The van der Waals surface area contributed by atoms with Gasteiger partial charge in [0, 0.05) is 23.9 Å². The van der Waals surface area contributed by atoms with Crippen LogP contribution in [-0.4, -0.2) is 22.8 Å². The van der Waals surface area contributed by atoms with Crippen LogP contribution in [0.5, 0.6) is 5.75 Å². The van der Waals surface area contributed by atoms with Gasteiger partial charge in [-0.05, 0) is 40.7 Å². The highest BCUT2D eigenvalue weighted by Gasteiger charge is 2.34. The molecule has 1 aliphatic heterocycles. The SMILES string of the molecule is COc1ccc(-c2cccc3c2-c2cc(=O)c(C(=O)O)cn2C(C(C)(C)C)C3)cc1. The molecule has 1 unspecified atom stereocenters. The van der Waals surface area contributed by atoms with Gasteiger partial charge in [0.1, 0.15) is 11.3 Å². The largest absolute Gasteiger partial charge is 0.497 e. The van der Waals surface area contributed by atoms with Crippen molar-refractivity contribution in [2.75, 3.05) is 7.11 Å². The van der Waals surface area contributed by atoms with Crippen molar-refractivity contribution in [2.45, 2.75) is 33.2 Å². The van der Waals surface area contributed by atoms with Gasteiger partial charge in [-0.2, -0.15) is 0 Å². The maximum absolute atomic E-state index is 12.6. The first-order valence-electron chi connectivity index (χ1n) is 9.97. The molecule has 0 saturated carbocycles. The second-order valence-electron chi connectivity index (χ2n) is 8.80. The van der Waals surface area contributed by atoms with Crippen LogP contribution in [0.1, 0.15) is 42.7 Å². The molecule has 1 N–H and O–H groups in total. The fourth-order valence-electron chi connectivity index (χ4n) is 4.28. The molecule has 1 aromatic heterocycles. The van der Waals surface area contributed by atoms with E-state index in [1.807, 2.05) is 41.0 Å². The highest BCUT2D eigenvalue weighted by atomic mass is 16.5. The van der Waals surface area contributed by atoms with Gasteiger partial charge < -0.3 is 14.4 Å². The average Bonchev–Trinajstić information content (AvgIpc) is 2.71. The molecule has 4 rings (SSSR count). The van der Waals surface area contributed by atoms with Gasteiger partial charge in [-0.25, -0.2) is 4.79 Å². The van der Waals surface area contributed by atoms with Crippen molar-refractivity contribution in [2.24, 2.45) is 5.41 Å². The Hall–Kier alpha value is -3.34. The lowest BCUT2D eigenvalue weighted by Gasteiger charge is -2.39. The molecule has 0 aliphatic carbocycles. The Morgan fingerprint density at radius 3 is 2.43 bits per heavy atom. The van der Waals surface area contributed by atoms with Gasteiger partial charge >= 0.3 is 5.97 Å². The first-order valence-corrected chi connectivity index (χ1v) is 9.97. The van der Waals surface area contributed by atoms with Crippen molar-refractivity contribution < 1.29 is 14.6 Å². The Morgan fingerprint density at radius 1 is 1.13 bits per heavy atom. The van der Waals surface area contributed by atoms with E-state index in [4.69, 9.17) is 4.74 Å². The minimum absolute atomic E-state index is 0.0322. The number of hydrogen-bond acceptors (Lipinski definition) is 3. The number of rotatable bonds is 3. The Kier molecular flexibility index (Phi) is 4.77. The summed E-state index contributed by atoms with van der Waals surface area (Å²) in [5.41, 5.74) is 4.15. The third kappa shape index (κ3) is 3.30. The van der Waals surface area contributed by atoms with E-state index in [-0.39, 0.29) is 17.0 Å².